The van der Waals surface area contributed by atoms with E-state index >= 15 is 0 Å². The zero-order chi connectivity index (χ0) is 14.1. The van der Waals surface area contributed by atoms with E-state index in [1.54, 1.807) is 6.07 Å². The van der Waals surface area contributed by atoms with Gasteiger partial charge in [0.05, 0.1) is 0 Å². The van der Waals surface area contributed by atoms with Crippen LogP contribution < -0.4 is 10.9 Å². The summed E-state index contributed by atoms with van der Waals surface area (Å²) in [5.74, 6) is 1.57. The Bertz CT molecular complexity index is 522. The van der Waals surface area contributed by atoms with Crippen molar-refractivity contribution >= 4 is 0 Å². The molecule has 3 nitrogen and oxygen atoms in total. The average molecular weight is 274 g/mol. The van der Waals surface area contributed by atoms with Gasteiger partial charge in [0.25, 0.3) is 0 Å². The van der Waals surface area contributed by atoms with E-state index in [4.69, 9.17) is 0 Å². The molecule has 3 heteroatoms. The van der Waals surface area contributed by atoms with E-state index in [0.29, 0.717) is 12.1 Å². The van der Waals surface area contributed by atoms with Gasteiger partial charge in [0.1, 0.15) is 0 Å². The molecule has 2 N–H and O–H groups in total. The van der Waals surface area contributed by atoms with Crippen LogP contribution in [0.15, 0.2) is 16.9 Å². The third-order valence-corrected chi connectivity index (χ3v) is 5.45. The van der Waals surface area contributed by atoms with Crippen molar-refractivity contribution in [2.45, 2.75) is 64.5 Å². The molecule has 0 saturated heterocycles. The lowest BCUT2D eigenvalue weighted by Crippen LogP contribution is -2.43. The Morgan fingerprint density at radius 3 is 2.85 bits per heavy atom. The summed E-state index contributed by atoms with van der Waals surface area (Å²) in [4.78, 5) is 14.5. The maximum atomic E-state index is 11.5. The van der Waals surface area contributed by atoms with Gasteiger partial charge in [-0.1, -0.05) is 32.8 Å². The van der Waals surface area contributed by atoms with E-state index in [9.17, 15) is 4.79 Å². The Morgan fingerprint density at radius 2 is 2.00 bits per heavy atom. The van der Waals surface area contributed by atoms with E-state index < -0.39 is 0 Å². The average Bonchev–Trinajstić information content (AvgIpc) is 2.44. The summed E-state index contributed by atoms with van der Waals surface area (Å²) in [7, 11) is 0. The molecular weight excluding hydrogens is 248 g/mol. The first-order chi connectivity index (χ1) is 9.65. The molecule has 1 fully saturated rings. The molecule has 0 bridgehead atoms. The molecule has 4 atom stereocenters. The summed E-state index contributed by atoms with van der Waals surface area (Å²) in [6, 6.07) is 4.75. The largest absolute Gasteiger partial charge is 0.326 e. The molecule has 0 amide bonds. The predicted octanol–water partition coefficient (Wildman–Crippen LogP) is 3.17. The minimum atomic E-state index is 0.0315. The molecule has 1 heterocycles. The molecule has 110 valence electrons. The van der Waals surface area contributed by atoms with Gasteiger partial charge in [0.2, 0.25) is 5.56 Å². The first kappa shape index (κ1) is 13.9. The molecule has 1 saturated carbocycles. The summed E-state index contributed by atoms with van der Waals surface area (Å²) in [6.07, 6.45) is 7.38. The standard InChI is InChI=1S/C17H26N2O/c1-11-5-3-6-14(12(11)2)18-15-7-4-8-16-13(15)9-10-17(20)19-16/h9-12,14-15,18H,3-8H2,1-2H3,(H,19,20). The molecule has 2 aliphatic carbocycles. The molecule has 0 aliphatic heterocycles. The molecule has 20 heavy (non-hydrogen) atoms. The highest BCUT2D eigenvalue weighted by atomic mass is 16.1. The van der Waals surface area contributed by atoms with Gasteiger partial charge in [-0.05, 0) is 43.1 Å². The monoisotopic (exact) mass is 274 g/mol. The molecule has 1 aromatic rings. The van der Waals surface area contributed by atoms with E-state index in [0.717, 1.165) is 24.0 Å². The Labute approximate surface area is 121 Å². The van der Waals surface area contributed by atoms with Crippen LogP contribution in [0.4, 0.5) is 0 Å². The zero-order valence-corrected chi connectivity index (χ0v) is 12.6. The van der Waals surface area contributed by atoms with Gasteiger partial charge in [-0.25, -0.2) is 0 Å². The van der Waals surface area contributed by atoms with Crippen LogP contribution in [-0.4, -0.2) is 11.0 Å². The van der Waals surface area contributed by atoms with Gasteiger partial charge >= 0.3 is 0 Å². The van der Waals surface area contributed by atoms with E-state index in [1.807, 2.05) is 6.07 Å². The summed E-state index contributed by atoms with van der Waals surface area (Å²) in [5.41, 5.74) is 2.50. The highest BCUT2D eigenvalue weighted by Crippen LogP contribution is 2.34. The summed E-state index contributed by atoms with van der Waals surface area (Å²) >= 11 is 0. The maximum Gasteiger partial charge on any atom is 0.248 e. The third-order valence-electron chi connectivity index (χ3n) is 5.45. The van der Waals surface area contributed by atoms with E-state index in [2.05, 4.69) is 24.1 Å². The molecule has 0 radical (unpaired) electrons. The van der Waals surface area contributed by atoms with Crippen LogP contribution in [0.25, 0.3) is 0 Å². The molecule has 0 spiro atoms. The number of H-pyrrole nitrogens is 1. The van der Waals surface area contributed by atoms with Crippen molar-refractivity contribution in [2.24, 2.45) is 11.8 Å². The maximum absolute atomic E-state index is 11.5. The topological polar surface area (TPSA) is 44.9 Å². The van der Waals surface area contributed by atoms with Gasteiger partial charge in [-0.3, -0.25) is 4.79 Å². The Morgan fingerprint density at radius 1 is 1.15 bits per heavy atom. The van der Waals surface area contributed by atoms with E-state index in [-0.39, 0.29) is 5.56 Å². The second kappa shape index (κ2) is 5.72. The van der Waals surface area contributed by atoms with E-state index in [1.165, 1.54) is 37.7 Å². The molecule has 3 rings (SSSR count). The fourth-order valence-corrected chi connectivity index (χ4v) is 3.95. The van der Waals surface area contributed by atoms with Crippen molar-refractivity contribution in [2.75, 3.05) is 0 Å². The van der Waals surface area contributed by atoms with Crippen LogP contribution in [0.1, 0.15) is 63.3 Å². The van der Waals surface area contributed by atoms with Gasteiger partial charge in [-0.15, -0.1) is 0 Å². The molecule has 4 unspecified atom stereocenters. The number of hydrogen-bond acceptors (Lipinski definition) is 2. The van der Waals surface area contributed by atoms with Gasteiger partial charge in [-0.2, -0.15) is 0 Å². The number of rotatable bonds is 2. The summed E-state index contributed by atoms with van der Waals surface area (Å²) in [6.45, 7) is 4.77. The van der Waals surface area contributed by atoms with Crippen molar-refractivity contribution in [1.29, 1.82) is 0 Å². The van der Waals surface area contributed by atoms with Crippen molar-refractivity contribution in [3.63, 3.8) is 0 Å². The molecule has 1 aromatic heterocycles. The third kappa shape index (κ3) is 2.69. The molecular formula is C17H26N2O. The minimum Gasteiger partial charge on any atom is -0.326 e. The second-order valence-corrected chi connectivity index (χ2v) is 6.74. The van der Waals surface area contributed by atoms with Crippen LogP contribution in [0.2, 0.25) is 0 Å². The number of hydrogen-bond donors (Lipinski definition) is 2. The van der Waals surface area contributed by atoms with Crippen LogP contribution >= 0.6 is 0 Å². The quantitative estimate of drug-likeness (QED) is 0.870. The van der Waals surface area contributed by atoms with Crippen molar-refractivity contribution in [3.8, 4) is 0 Å². The second-order valence-electron chi connectivity index (χ2n) is 6.74. The fraction of sp³-hybridized carbons (Fsp3) is 0.706. The van der Waals surface area contributed by atoms with Gasteiger partial charge in [0, 0.05) is 23.8 Å². The zero-order valence-electron chi connectivity index (χ0n) is 12.6. The Balaban J connectivity index is 1.77. The Kier molecular flexibility index (Phi) is 3.97. The Hall–Kier alpha value is -1.09. The summed E-state index contributed by atoms with van der Waals surface area (Å²) in [5, 5.41) is 3.89. The van der Waals surface area contributed by atoms with Crippen LogP contribution in [-0.2, 0) is 6.42 Å². The number of aromatic amines is 1. The van der Waals surface area contributed by atoms with Crippen LogP contribution in [0, 0.1) is 11.8 Å². The fourth-order valence-electron chi connectivity index (χ4n) is 3.95. The normalized spacial score (nSPS) is 33.7. The number of fused-ring (bicyclic) bond motifs is 1. The summed E-state index contributed by atoms with van der Waals surface area (Å²) < 4.78 is 0. The number of nitrogens with one attached hydrogen (secondary N) is 2. The van der Waals surface area contributed by atoms with Gasteiger partial charge in [0.15, 0.2) is 0 Å². The highest BCUT2D eigenvalue weighted by molar-refractivity contribution is 5.26. The highest BCUT2D eigenvalue weighted by Gasteiger charge is 2.30. The lowest BCUT2D eigenvalue weighted by Gasteiger charge is -2.38. The van der Waals surface area contributed by atoms with Crippen molar-refractivity contribution in [3.05, 3.63) is 33.7 Å². The lowest BCUT2D eigenvalue weighted by atomic mass is 9.77. The predicted molar refractivity (Wildman–Crippen MR) is 81.8 cm³/mol. The first-order valence-electron chi connectivity index (χ1n) is 8.13. The molecule has 0 aromatic carbocycles. The smallest absolute Gasteiger partial charge is 0.248 e. The lowest BCUT2D eigenvalue weighted by molar-refractivity contribution is 0.189. The van der Waals surface area contributed by atoms with Crippen LogP contribution in [0.3, 0.4) is 0 Å². The van der Waals surface area contributed by atoms with Crippen molar-refractivity contribution < 1.29 is 0 Å². The number of aryl methyl sites for hydroxylation is 1. The van der Waals surface area contributed by atoms with Crippen molar-refractivity contribution in [1.82, 2.24) is 10.3 Å². The molecule has 2 aliphatic rings. The first-order valence-corrected chi connectivity index (χ1v) is 8.13. The number of aromatic nitrogens is 1. The van der Waals surface area contributed by atoms with Crippen LogP contribution in [0.5, 0.6) is 0 Å². The SMILES string of the molecule is CC1CCCC(NC2CCCc3[nH]c(=O)ccc32)C1C. The number of pyridine rings is 1. The van der Waals surface area contributed by atoms with Gasteiger partial charge < -0.3 is 10.3 Å². The minimum absolute atomic E-state index is 0.0315.